The molecule has 6 heteroatoms. The van der Waals surface area contributed by atoms with Gasteiger partial charge < -0.3 is 14.6 Å². The Bertz CT molecular complexity index is 460. The minimum atomic E-state index is -0.516. The number of esters is 1. The van der Waals surface area contributed by atoms with Crippen LogP contribution in [0.1, 0.15) is 45.1 Å². The summed E-state index contributed by atoms with van der Waals surface area (Å²) in [5.41, 5.74) is 0.300. The van der Waals surface area contributed by atoms with Crippen molar-refractivity contribution in [1.29, 1.82) is 0 Å². The van der Waals surface area contributed by atoms with Gasteiger partial charge in [-0.1, -0.05) is 5.16 Å². The maximum absolute atomic E-state index is 11.5. The zero-order valence-corrected chi connectivity index (χ0v) is 12.5. The third-order valence-electron chi connectivity index (χ3n) is 2.35. The second-order valence-corrected chi connectivity index (χ2v) is 5.62. The average Bonchev–Trinajstić information content (AvgIpc) is 2.70. The molecule has 6 nitrogen and oxygen atoms in total. The van der Waals surface area contributed by atoms with E-state index in [-0.39, 0.29) is 24.7 Å². The lowest BCUT2D eigenvalue weighted by Crippen LogP contribution is -2.28. The number of ether oxygens (including phenoxy) is 1. The average molecular weight is 282 g/mol. The number of carbonyl (C=O) groups excluding carboxylic acids is 2. The second-order valence-electron chi connectivity index (χ2n) is 5.62. The molecule has 1 aromatic rings. The van der Waals surface area contributed by atoms with Gasteiger partial charge in [-0.25, -0.2) is 0 Å². The van der Waals surface area contributed by atoms with Crippen molar-refractivity contribution in [3.63, 3.8) is 0 Å². The summed E-state index contributed by atoms with van der Waals surface area (Å²) in [6.07, 6.45) is 0.799. The van der Waals surface area contributed by atoms with Crippen molar-refractivity contribution in [3.05, 3.63) is 17.5 Å². The Hall–Kier alpha value is -1.85. The van der Waals surface area contributed by atoms with Crippen LogP contribution in [0.4, 0.5) is 0 Å². The maximum Gasteiger partial charge on any atom is 0.306 e. The fourth-order valence-corrected chi connectivity index (χ4v) is 1.56. The highest BCUT2D eigenvalue weighted by Gasteiger charge is 2.16. The predicted octanol–water partition coefficient (Wildman–Crippen LogP) is 1.76. The largest absolute Gasteiger partial charge is 0.460 e. The van der Waals surface area contributed by atoms with Gasteiger partial charge in [-0.15, -0.1) is 0 Å². The number of rotatable bonds is 6. The van der Waals surface area contributed by atoms with Gasteiger partial charge in [0.1, 0.15) is 11.4 Å². The van der Waals surface area contributed by atoms with Gasteiger partial charge in [-0.3, -0.25) is 9.59 Å². The van der Waals surface area contributed by atoms with E-state index < -0.39 is 5.60 Å². The smallest absolute Gasteiger partial charge is 0.306 e. The zero-order chi connectivity index (χ0) is 15.2. The first-order valence-corrected chi connectivity index (χ1v) is 6.67. The molecule has 0 aliphatic carbocycles. The molecular weight excluding hydrogens is 260 g/mol. The van der Waals surface area contributed by atoms with Gasteiger partial charge in [-0.05, 0) is 27.7 Å². The molecule has 0 unspecified atom stereocenters. The topological polar surface area (TPSA) is 81.4 Å². The number of nitrogens with one attached hydrogen (secondary N) is 1. The van der Waals surface area contributed by atoms with Gasteiger partial charge in [-0.2, -0.15) is 0 Å². The SMILES string of the molecule is Cc1cc(CCNC(=O)CCC(=O)OC(C)(C)C)on1. The number of carbonyl (C=O) groups is 2. The van der Waals surface area contributed by atoms with Gasteiger partial charge in [0.25, 0.3) is 0 Å². The second kappa shape index (κ2) is 7.07. The summed E-state index contributed by atoms with van der Waals surface area (Å²) in [5.74, 6) is 0.195. The minimum absolute atomic E-state index is 0.0878. The molecule has 1 N–H and O–H groups in total. The Labute approximate surface area is 118 Å². The quantitative estimate of drug-likeness (QED) is 0.804. The van der Waals surface area contributed by atoms with E-state index in [1.807, 2.05) is 13.0 Å². The van der Waals surface area contributed by atoms with E-state index in [2.05, 4.69) is 10.5 Å². The van der Waals surface area contributed by atoms with E-state index in [0.717, 1.165) is 11.5 Å². The summed E-state index contributed by atoms with van der Waals surface area (Å²) < 4.78 is 10.1. The molecule has 0 saturated carbocycles. The molecule has 0 atom stereocenters. The molecule has 0 radical (unpaired) electrons. The van der Waals surface area contributed by atoms with Crippen LogP contribution in [0.25, 0.3) is 0 Å². The number of amides is 1. The van der Waals surface area contributed by atoms with Crippen molar-refractivity contribution in [2.75, 3.05) is 6.54 Å². The van der Waals surface area contributed by atoms with Gasteiger partial charge in [0.05, 0.1) is 12.1 Å². The molecule has 0 saturated heterocycles. The lowest BCUT2D eigenvalue weighted by Gasteiger charge is -2.19. The van der Waals surface area contributed by atoms with Crippen LogP contribution in [0.2, 0.25) is 0 Å². The molecule has 112 valence electrons. The molecule has 0 aliphatic rings. The summed E-state index contributed by atoms with van der Waals surface area (Å²) in [4.78, 5) is 23.0. The van der Waals surface area contributed by atoms with Gasteiger partial charge in [0.2, 0.25) is 5.91 Å². The Morgan fingerprint density at radius 3 is 2.60 bits per heavy atom. The molecule has 20 heavy (non-hydrogen) atoms. The van der Waals surface area contributed by atoms with E-state index in [0.29, 0.717) is 13.0 Å². The van der Waals surface area contributed by atoms with Crippen molar-refractivity contribution in [3.8, 4) is 0 Å². The normalized spacial score (nSPS) is 11.2. The predicted molar refractivity (Wildman–Crippen MR) is 73.0 cm³/mol. The van der Waals surface area contributed by atoms with Gasteiger partial charge in [0.15, 0.2) is 0 Å². The molecule has 0 aromatic carbocycles. The van der Waals surface area contributed by atoms with Crippen molar-refractivity contribution in [1.82, 2.24) is 10.5 Å². The number of aromatic nitrogens is 1. The number of hydrogen-bond acceptors (Lipinski definition) is 5. The Balaban J connectivity index is 2.16. The molecule has 0 spiro atoms. The first kappa shape index (κ1) is 16.2. The van der Waals surface area contributed by atoms with E-state index in [1.165, 1.54) is 0 Å². The molecule has 0 aliphatic heterocycles. The third-order valence-corrected chi connectivity index (χ3v) is 2.35. The van der Waals surface area contributed by atoms with Crippen LogP contribution < -0.4 is 5.32 Å². The lowest BCUT2D eigenvalue weighted by molar-refractivity contribution is -0.155. The van der Waals surface area contributed by atoms with E-state index in [9.17, 15) is 9.59 Å². The number of nitrogens with zero attached hydrogens (tertiary/aromatic N) is 1. The summed E-state index contributed by atoms with van der Waals surface area (Å²) in [5, 5.41) is 6.48. The number of hydrogen-bond donors (Lipinski definition) is 1. The highest BCUT2D eigenvalue weighted by atomic mass is 16.6. The van der Waals surface area contributed by atoms with Crippen LogP contribution in [-0.4, -0.2) is 29.2 Å². The van der Waals surface area contributed by atoms with E-state index in [1.54, 1.807) is 20.8 Å². The monoisotopic (exact) mass is 282 g/mol. The lowest BCUT2D eigenvalue weighted by atomic mass is 10.2. The van der Waals surface area contributed by atoms with Crippen LogP contribution >= 0.6 is 0 Å². The van der Waals surface area contributed by atoms with Crippen molar-refractivity contribution >= 4 is 11.9 Å². The summed E-state index contributed by atoms with van der Waals surface area (Å²) >= 11 is 0. The van der Waals surface area contributed by atoms with Gasteiger partial charge in [0, 0.05) is 25.5 Å². The minimum Gasteiger partial charge on any atom is -0.460 e. The van der Waals surface area contributed by atoms with Crippen molar-refractivity contribution in [2.24, 2.45) is 0 Å². The summed E-state index contributed by atoms with van der Waals surface area (Å²) in [7, 11) is 0. The molecule has 1 rings (SSSR count). The van der Waals surface area contributed by atoms with Crippen LogP contribution in [0, 0.1) is 6.92 Å². The highest BCUT2D eigenvalue weighted by molar-refractivity contribution is 5.81. The Kier molecular flexibility index (Phi) is 5.73. The van der Waals surface area contributed by atoms with Crippen LogP contribution in [-0.2, 0) is 20.7 Å². The molecule has 0 bridgehead atoms. The molecule has 1 aromatic heterocycles. The van der Waals surface area contributed by atoms with Crippen LogP contribution in [0.5, 0.6) is 0 Å². The molecule has 1 heterocycles. The Morgan fingerprint density at radius 1 is 1.35 bits per heavy atom. The fourth-order valence-electron chi connectivity index (χ4n) is 1.56. The summed E-state index contributed by atoms with van der Waals surface area (Å²) in [6, 6.07) is 1.83. The number of aryl methyl sites for hydroxylation is 1. The van der Waals surface area contributed by atoms with Crippen molar-refractivity contribution in [2.45, 2.75) is 52.6 Å². The summed E-state index contributed by atoms with van der Waals surface area (Å²) in [6.45, 7) is 7.69. The third kappa shape index (κ3) is 6.92. The molecule has 0 fully saturated rings. The van der Waals surface area contributed by atoms with Crippen LogP contribution in [0.15, 0.2) is 10.6 Å². The first-order valence-electron chi connectivity index (χ1n) is 6.67. The fraction of sp³-hybridized carbons (Fsp3) is 0.643. The standard InChI is InChI=1S/C14H22N2O4/c1-10-9-11(20-16-10)7-8-15-12(17)5-6-13(18)19-14(2,3)4/h9H,5-8H2,1-4H3,(H,15,17). The van der Waals surface area contributed by atoms with E-state index in [4.69, 9.17) is 9.26 Å². The molecular formula is C14H22N2O4. The van der Waals surface area contributed by atoms with E-state index >= 15 is 0 Å². The zero-order valence-electron chi connectivity index (χ0n) is 12.5. The molecule has 1 amide bonds. The highest BCUT2D eigenvalue weighted by Crippen LogP contribution is 2.09. The maximum atomic E-state index is 11.5. The first-order chi connectivity index (χ1) is 9.26. The van der Waals surface area contributed by atoms with Crippen LogP contribution in [0.3, 0.4) is 0 Å². The van der Waals surface area contributed by atoms with Crippen molar-refractivity contribution < 1.29 is 18.8 Å². The van der Waals surface area contributed by atoms with Gasteiger partial charge >= 0.3 is 5.97 Å². The Morgan fingerprint density at radius 2 is 2.05 bits per heavy atom.